The molecular formula is C32H23F3IN3O5S. The summed E-state index contributed by atoms with van der Waals surface area (Å²) < 4.78 is 51.2. The molecule has 1 heterocycles. The van der Waals surface area contributed by atoms with Crippen molar-refractivity contribution in [2.75, 3.05) is 12.0 Å². The van der Waals surface area contributed by atoms with E-state index in [2.05, 4.69) is 0 Å². The molecule has 1 saturated heterocycles. The molecule has 13 heteroatoms. The first-order chi connectivity index (χ1) is 21.3. The Morgan fingerprint density at radius 3 is 2.20 bits per heavy atom. The van der Waals surface area contributed by atoms with Gasteiger partial charge in [-0.15, -0.1) is 0 Å². The molecule has 0 bridgehead atoms. The van der Waals surface area contributed by atoms with Gasteiger partial charge in [-0.05, 0) is 108 Å². The monoisotopic (exact) mass is 745 g/mol. The lowest BCUT2D eigenvalue weighted by molar-refractivity contribution is -0.385. The highest BCUT2D eigenvalue weighted by atomic mass is 127. The van der Waals surface area contributed by atoms with E-state index in [1.807, 2.05) is 85.0 Å². The summed E-state index contributed by atoms with van der Waals surface area (Å²) in [6.07, 6.45) is -3.10. The Kier molecular flexibility index (Phi) is 9.20. The molecule has 0 atom stereocenters. The summed E-state index contributed by atoms with van der Waals surface area (Å²) in [4.78, 5) is 31.1. The summed E-state index contributed by atoms with van der Waals surface area (Å²) in [5.41, 5.74) is 1.99. The number of ether oxygens (including phenoxy) is 2. The molecule has 45 heavy (non-hydrogen) atoms. The van der Waals surface area contributed by atoms with Gasteiger partial charge in [0.15, 0.2) is 16.7 Å². The van der Waals surface area contributed by atoms with Crippen molar-refractivity contribution in [2.24, 2.45) is 4.99 Å². The first kappa shape index (κ1) is 32.0. The minimum absolute atomic E-state index is 0.0661. The lowest BCUT2D eigenvalue weighted by Gasteiger charge is -2.16. The fourth-order valence-electron chi connectivity index (χ4n) is 4.31. The number of anilines is 1. The number of amidine groups is 1. The average molecular weight is 746 g/mol. The van der Waals surface area contributed by atoms with Gasteiger partial charge in [0.1, 0.15) is 0 Å². The third-order valence-corrected chi connectivity index (χ3v) is 8.37. The molecule has 1 aliphatic rings. The van der Waals surface area contributed by atoms with E-state index >= 15 is 0 Å². The van der Waals surface area contributed by atoms with E-state index in [1.54, 1.807) is 23.1 Å². The van der Waals surface area contributed by atoms with Crippen LogP contribution in [0.15, 0.2) is 88.8 Å². The molecule has 4 aromatic carbocycles. The largest absolute Gasteiger partial charge is 0.493 e. The number of hydrogen-bond donors (Lipinski definition) is 0. The van der Waals surface area contributed by atoms with Crippen molar-refractivity contribution < 1.29 is 32.4 Å². The summed E-state index contributed by atoms with van der Waals surface area (Å²) in [5.74, 6) is -0.453. The number of carbonyl (C=O) groups is 1. The van der Waals surface area contributed by atoms with Gasteiger partial charge in [-0.25, -0.2) is 4.99 Å². The molecule has 0 aliphatic carbocycles. The summed E-state index contributed by atoms with van der Waals surface area (Å²) in [5, 5.41) is 12.0. The maximum absolute atomic E-state index is 13.8. The van der Waals surface area contributed by atoms with Gasteiger partial charge in [-0.2, -0.15) is 13.2 Å². The van der Waals surface area contributed by atoms with Gasteiger partial charge in [0.2, 0.25) is 5.75 Å². The lowest BCUT2D eigenvalue weighted by atomic mass is 10.1. The van der Waals surface area contributed by atoms with Crippen LogP contribution in [0.4, 0.5) is 30.2 Å². The third kappa shape index (κ3) is 7.14. The standard InChI is InChI=1S/C32H23F3IN3O5S/c1-18-4-9-22(10-5-18)37-31-38(23-11-6-19(2)7-12-23)30(40)28(45-31)16-20-14-24(36)29(27(15-20)43-3)44-26-13-8-21(32(33,34)35)17-25(26)39(41)42/h4-17H,1-3H3/b28-16-,37-31?. The maximum atomic E-state index is 13.8. The third-order valence-electron chi connectivity index (χ3n) is 6.60. The number of hydrogen-bond acceptors (Lipinski definition) is 7. The van der Waals surface area contributed by atoms with Crippen molar-refractivity contribution in [1.82, 2.24) is 0 Å². The Balaban J connectivity index is 1.51. The number of nitrogens with zero attached hydrogens (tertiary/aromatic N) is 3. The molecule has 1 amide bonds. The minimum Gasteiger partial charge on any atom is -0.493 e. The van der Waals surface area contributed by atoms with E-state index in [0.29, 0.717) is 42.7 Å². The van der Waals surface area contributed by atoms with Gasteiger partial charge in [-0.1, -0.05) is 35.4 Å². The van der Waals surface area contributed by atoms with E-state index in [4.69, 9.17) is 14.5 Å². The highest BCUT2D eigenvalue weighted by Crippen LogP contribution is 2.44. The van der Waals surface area contributed by atoms with Crippen LogP contribution in [-0.4, -0.2) is 23.1 Å². The number of aryl methyl sites for hydroxylation is 2. The minimum atomic E-state index is -4.76. The number of benzene rings is 4. The number of nitro groups is 1. The maximum Gasteiger partial charge on any atom is 0.416 e. The van der Waals surface area contributed by atoms with Crippen molar-refractivity contribution in [3.05, 3.63) is 120 Å². The first-order valence-corrected chi connectivity index (χ1v) is 15.1. The Bertz CT molecular complexity index is 1860. The van der Waals surface area contributed by atoms with Crippen molar-refractivity contribution >= 4 is 68.6 Å². The van der Waals surface area contributed by atoms with Crippen molar-refractivity contribution in [1.29, 1.82) is 0 Å². The van der Waals surface area contributed by atoms with E-state index in [-0.39, 0.29) is 23.2 Å². The SMILES string of the molecule is COc1cc(/C=C2\SC(=Nc3ccc(C)cc3)N(c3ccc(C)cc3)C2=O)cc(I)c1Oc1ccc(C(F)(F)F)cc1[N+](=O)[O-]. The van der Waals surface area contributed by atoms with Crippen LogP contribution >= 0.6 is 34.4 Å². The molecule has 0 N–H and O–H groups in total. The molecule has 230 valence electrons. The molecular weight excluding hydrogens is 722 g/mol. The quantitative estimate of drug-likeness (QED) is 0.0810. The fourth-order valence-corrected chi connectivity index (χ4v) is 6.04. The second-order valence-electron chi connectivity index (χ2n) is 9.89. The van der Waals surface area contributed by atoms with E-state index in [9.17, 15) is 28.1 Å². The summed E-state index contributed by atoms with van der Waals surface area (Å²) in [6.45, 7) is 3.93. The molecule has 1 aliphatic heterocycles. The Labute approximate surface area is 273 Å². The van der Waals surface area contributed by atoms with Crippen molar-refractivity contribution in [3.8, 4) is 17.2 Å². The molecule has 0 radical (unpaired) electrons. The van der Waals surface area contributed by atoms with Crippen LogP contribution < -0.4 is 14.4 Å². The highest BCUT2D eigenvalue weighted by molar-refractivity contribution is 14.1. The Morgan fingerprint density at radius 1 is 0.956 bits per heavy atom. The van der Waals surface area contributed by atoms with E-state index in [0.717, 1.165) is 17.2 Å². The molecule has 8 nitrogen and oxygen atoms in total. The number of thioether (sulfide) groups is 1. The molecule has 0 aromatic heterocycles. The average Bonchev–Trinajstić information content (AvgIpc) is 3.29. The zero-order valence-corrected chi connectivity index (χ0v) is 26.9. The molecule has 0 spiro atoms. The number of alkyl halides is 3. The van der Waals surface area contributed by atoms with Gasteiger partial charge < -0.3 is 9.47 Å². The Hall–Kier alpha value is -4.37. The number of halogens is 4. The van der Waals surface area contributed by atoms with Crippen LogP contribution in [0, 0.1) is 27.5 Å². The van der Waals surface area contributed by atoms with Crippen molar-refractivity contribution in [2.45, 2.75) is 20.0 Å². The number of methoxy groups -OCH3 is 1. The van der Waals surface area contributed by atoms with Crippen LogP contribution in [0.25, 0.3) is 6.08 Å². The zero-order valence-electron chi connectivity index (χ0n) is 23.9. The zero-order chi connectivity index (χ0) is 32.5. The highest BCUT2D eigenvalue weighted by Gasteiger charge is 2.36. The molecule has 1 fully saturated rings. The number of rotatable bonds is 7. The predicted molar refractivity (Wildman–Crippen MR) is 176 cm³/mol. The molecule has 0 unspecified atom stereocenters. The van der Waals surface area contributed by atoms with Gasteiger partial charge >= 0.3 is 11.9 Å². The predicted octanol–water partition coefficient (Wildman–Crippen LogP) is 9.44. The first-order valence-electron chi connectivity index (χ1n) is 13.2. The lowest BCUT2D eigenvalue weighted by Crippen LogP contribution is -2.28. The van der Waals surface area contributed by atoms with Crippen LogP contribution in [0.5, 0.6) is 17.2 Å². The number of aliphatic imine (C=N–C) groups is 1. The van der Waals surface area contributed by atoms with Gasteiger partial charge in [-0.3, -0.25) is 19.8 Å². The number of carbonyl (C=O) groups excluding carboxylic acids is 1. The molecule has 4 aromatic rings. The van der Waals surface area contributed by atoms with Gasteiger partial charge in [0.25, 0.3) is 5.91 Å². The Morgan fingerprint density at radius 2 is 1.60 bits per heavy atom. The van der Waals surface area contributed by atoms with Crippen LogP contribution in [-0.2, 0) is 11.0 Å². The second-order valence-corrected chi connectivity index (χ2v) is 12.1. The molecule has 0 saturated carbocycles. The van der Waals surface area contributed by atoms with Crippen molar-refractivity contribution in [3.63, 3.8) is 0 Å². The number of nitro benzene ring substituents is 1. The topological polar surface area (TPSA) is 94.3 Å². The summed E-state index contributed by atoms with van der Waals surface area (Å²) >= 11 is 3.13. The van der Waals surface area contributed by atoms with E-state index in [1.165, 1.54) is 18.9 Å². The summed E-state index contributed by atoms with van der Waals surface area (Å²) in [6, 6.07) is 20.4. The van der Waals surface area contributed by atoms with Crippen LogP contribution in [0.2, 0.25) is 0 Å². The summed E-state index contributed by atoms with van der Waals surface area (Å²) in [7, 11) is 1.36. The van der Waals surface area contributed by atoms with Crippen LogP contribution in [0.1, 0.15) is 22.3 Å². The van der Waals surface area contributed by atoms with E-state index < -0.39 is 22.4 Å². The van der Waals surface area contributed by atoms with Gasteiger partial charge in [0.05, 0.1) is 37.4 Å². The normalized spacial score (nSPS) is 15.2. The second kappa shape index (κ2) is 12.9. The molecule has 5 rings (SSSR count). The smallest absolute Gasteiger partial charge is 0.416 e. The fraction of sp³-hybridized carbons (Fsp3) is 0.125. The number of amides is 1. The van der Waals surface area contributed by atoms with Crippen LogP contribution in [0.3, 0.4) is 0 Å². The van der Waals surface area contributed by atoms with Gasteiger partial charge in [0, 0.05) is 6.07 Å².